The average molecular weight is 345 g/mol. The molecular weight excluding hydrogens is 327 g/mol. The van der Waals surface area contributed by atoms with E-state index in [9.17, 15) is 4.79 Å². The topological polar surface area (TPSA) is 55.1 Å². The van der Waals surface area contributed by atoms with E-state index in [4.69, 9.17) is 17.3 Å². The number of halogens is 2. The number of hydrogen-bond acceptors (Lipinski definition) is 3. The smallest absolute Gasteiger partial charge is 0.261 e. The summed E-state index contributed by atoms with van der Waals surface area (Å²) >= 11 is 7.33. The standard InChI is InChI=1S/C15H17ClN2OS.ClH/c1-15(2,9-17)18-14(19)13-8-7-12(20-13)10-3-5-11(16)6-4-10;/h3-8H,9,17H2,1-2H3,(H,18,19);1H. The monoisotopic (exact) mass is 344 g/mol. The number of thiophene rings is 1. The predicted octanol–water partition coefficient (Wildman–Crippen LogP) is 3.96. The first-order valence-corrected chi connectivity index (χ1v) is 7.49. The molecule has 1 amide bonds. The maximum absolute atomic E-state index is 12.1. The summed E-state index contributed by atoms with van der Waals surface area (Å²) in [6.45, 7) is 4.20. The highest BCUT2D eigenvalue weighted by Crippen LogP contribution is 2.29. The Kier molecular flexibility index (Phi) is 6.23. The van der Waals surface area contributed by atoms with Gasteiger partial charge in [-0.2, -0.15) is 0 Å². The van der Waals surface area contributed by atoms with Crippen LogP contribution in [0.2, 0.25) is 5.02 Å². The molecule has 21 heavy (non-hydrogen) atoms. The van der Waals surface area contributed by atoms with E-state index in [0.29, 0.717) is 16.4 Å². The maximum Gasteiger partial charge on any atom is 0.261 e. The zero-order chi connectivity index (χ0) is 14.8. The number of benzene rings is 1. The summed E-state index contributed by atoms with van der Waals surface area (Å²) in [5.41, 5.74) is 6.27. The van der Waals surface area contributed by atoms with E-state index >= 15 is 0 Å². The van der Waals surface area contributed by atoms with Gasteiger partial charge in [0.05, 0.1) is 4.88 Å². The van der Waals surface area contributed by atoms with Gasteiger partial charge in [0.25, 0.3) is 5.91 Å². The minimum absolute atomic E-state index is 0. The molecular formula is C15H18Cl2N2OS. The maximum atomic E-state index is 12.1. The fourth-order valence-electron chi connectivity index (χ4n) is 1.65. The molecule has 0 bridgehead atoms. The Morgan fingerprint density at radius 3 is 2.43 bits per heavy atom. The average Bonchev–Trinajstić information content (AvgIpc) is 2.89. The summed E-state index contributed by atoms with van der Waals surface area (Å²) in [7, 11) is 0. The minimum atomic E-state index is -0.401. The third-order valence-electron chi connectivity index (χ3n) is 2.92. The number of rotatable bonds is 4. The summed E-state index contributed by atoms with van der Waals surface area (Å²) in [6, 6.07) is 11.3. The number of nitrogens with two attached hydrogens (primary N) is 1. The Hall–Kier alpha value is -1.07. The van der Waals surface area contributed by atoms with Crippen LogP contribution in [0.1, 0.15) is 23.5 Å². The Morgan fingerprint density at radius 2 is 1.86 bits per heavy atom. The van der Waals surface area contributed by atoms with Crippen LogP contribution in [0.5, 0.6) is 0 Å². The lowest BCUT2D eigenvalue weighted by Gasteiger charge is -2.23. The van der Waals surface area contributed by atoms with Gasteiger partial charge >= 0.3 is 0 Å². The highest BCUT2D eigenvalue weighted by Gasteiger charge is 2.20. The second kappa shape index (κ2) is 7.27. The van der Waals surface area contributed by atoms with Crippen molar-refractivity contribution in [2.75, 3.05) is 6.54 Å². The summed E-state index contributed by atoms with van der Waals surface area (Å²) in [6.07, 6.45) is 0. The molecule has 1 aromatic heterocycles. The molecule has 0 aliphatic heterocycles. The Balaban J connectivity index is 0.00000220. The molecule has 0 saturated heterocycles. The van der Waals surface area contributed by atoms with Crippen molar-refractivity contribution in [3.05, 3.63) is 46.3 Å². The van der Waals surface area contributed by atoms with Crippen LogP contribution in [0.4, 0.5) is 0 Å². The Bertz CT molecular complexity index is 608. The van der Waals surface area contributed by atoms with Gasteiger partial charge in [-0.25, -0.2) is 0 Å². The fraction of sp³-hybridized carbons (Fsp3) is 0.267. The molecule has 0 saturated carbocycles. The minimum Gasteiger partial charge on any atom is -0.345 e. The molecule has 0 fully saturated rings. The molecule has 3 nitrogen and oxygen atoms in total. The van der Waals surface area contributed by atoms with E-state index in [1.165, 1.54) is 11.3 Å². The second-order valence-electron chi connectivity index (χ2n) is 5.21. The number of nitrogens with one attached hydrogen (secondary N) is 1. The van der Waals surface area contributed by atoms with E-state index in [2.05, 4.69) is 5.32 Å². The second-order valence-corrected chi connectivity index (χ2v) is 6.73. The molecule has 1 aromatic carbocycles. The van der Waals surface area contributed by atoms with E-state index in [-0.39, 0.29) is 18.3 Å². The molecule has 0 aliphatic rings. The van der Waals surface area contributed by atoms with Gasteiger partial charge in [0.15, 0.2) is 0 Å². The van der Waals surface area contributed by atoms with Crippen LogP contribution in [0, 0.1) is 0 Å². The largest absolute Gasteiger partial charge is 0.345 e. The number of amides is 1. The first-order chi connectivity index (χ1) is 9.41. The molecule has 0 aliphatic carbocycles. The van der Waals surface area contributed by atoms with Gasteiger partial charge in [-0.3, -0.25) is 4.79 Å². The summed E-state index contributed by atoms with van der Waals surface area (Å²) < 4.78 is 0. The van der Waals surface area contributed by atoms with Crippen LogP contribution in [-0.2, 0) is 0 Å². The first-order valence-electron chi connectivity index (χ1n) is 6.30. The highest BCUT2D eigenvalue weighted by atomic mass is 35.5. The molecule has 0 atom stereocenters. The van der Waals surface area contributed by atoms with Gasteiger partial charge in [0, 0.05) is 22.0 Å². The third-order valence-corrected chi connectivity index (χ3v) is 4.31. The van der Waals surface area contributed by atoms with Gasteiger partial charge in [-0.1, -0.05) is 23.7 Å². The number of carbonyl (C=O) groups excluding carboxylic acids is 1. The first kappa shape index (κ1) is 18.0. The Labute approximate surface area is 139 Å². The third kappa shape index (κ3) is 4.71. The van der Waals surface area contributed by atoms with Crippen LogP contribution in [-0.4, -0.2) is 18.0 Å². The molecule has 2 rings (SSSR count). The van der Waals surface area contributed by atoms with E-state index in [1.807, 2.05) is 50.2 Å². The lowest BCUT2D eigenvalue weighted by molar-refractivity contribution is 0.0920. The van der Waals surface area contributed by atoms with Crippen molar-refractivity contribution >= 4 is 41.3 Å². The van der Waals surface area contributed by atoms with Crippen LogP contribution < -0.4 is 11.1 Å². The zero-order valence-corrected chi connectivity index (χ0v) is 14.2. The fourth-order valence-corrected chi connectivity index (χ4v) is 2.68. The molecule has 0 unspecified atom stereocenters. The van der Waals surface area contributed by atoms with Crippen molar-refractivity contribution in [3.63, 3.8) is 0 Å². The molecule has 114 valence electrons. The lowest BCUT2D eigenvalue weighted by atomic mass is 10.1. The predicted molar refractivity (Wildman–Crippen MR) is 92.6 cm³/mol. The quantitative estimate of drug-likeness (QED) is 0.881. The van der Waals surface area contributed by atoms with Crippen molar-refractivity contribution < 1.29 is 4.79 Å². The van der Waals surface area contributed by atoms with Crippen molar-refractivity contribution in [3.8, 4) is 10.4 Å². The SMILES string of the molecule is CC(C)(CN)NC(=O)c1ccc(-c2ccc(Cl)cc2)s1.Cl. The normalized spacial score (nSPS) is 10.9. The number of hydrogen-bond donors (Lipinski definition) is 2. The van der Waals surface area contributed by atoms with E-state index in [0.717, 1.165) is 10.4 Å². The summed E-state index contributed by atoms with van der Waals surface area (Å²) in [4.78, 5) is 13.9. The molecule has 0 spiro atoms. The van der Waals surface area contributed by atoms with Gasteiger partial charge in [-0.15, -0.1) is 23.7 Å². The van der Waals surface area contributed by atoms with Crippen LogP contribution in [0.15, 0.2) is 36.4 Å². The van der Waals surface area contributed by atoms with E-state index < -0.39 is 5.54 Å². The zero-order valence-electron chi connectivity index (χ0n) is 11.9. The summed E-state index contributed by atoms with van der Waals surface area (Å²) in [5, 5.41) is 3.62. The molecule has 6 heteroatoms. The number of carbonyl (C=O) groups is 1. The van der Waals surface area contributed by atoms with Crippen molar-refractivity contribution in [2.45, 2.75) is 19.4 Å². The Morgan fingerprint density at radius 1 is 1.24 bits per heavy atom. The van der Waals surface area contributed by atoms with Crippen LogP contribution >= 0.6 is 35.3 Å². The lowest BCUT2D eigenvalue weighted by Crippen LogP contribution is -2.48. The molecule has 0 radical (unpaired) electrons. The molecule has 3 N–H and O–H groups in total. The van der Waals surface area contributed by atoms with Crippen LogP contribution in [0.3, 0.4) is 0 Å². The highest BCUT2D eigenvalue weighted by molar-refractivity contribution is 7.17. The van der Waals surface area contributed by atoms with Crippen molar-refractivity contribution in [1.29, 1.82) is 0 Å². The summed E-state index contributed by atoms with van der Waals surface area (Å²) in [5.74, 6) is -0.0920. The van der Waals surface area contributed by atoms with Crippen LogP contribution in [0.25, 0.3) is 10.4 Å². The van der Waals surface area contributed by atoms with Crippen molar-refractivity contribution in [1.82, 2.24) is 5.32 Å². The van der Waals surface area contributed by atoms with Gasteiger partial charge in [-0.05, 0) is 43.7 Å². The van der Waals surface area contributed by atoms with Gasteiger partial charge in [0.1, 0.15) is 0 Å². The van der Waals surface area contributed by atoms with Gasteiger partial charge in [0.2, 0.25) is 0 Å². The molecule has 2 aromatic rings. The van der Waals surface area contributed by atoms with Gasteiger partial charge < -0.3 is 11.1 Å². The molecule has 1 heterocycles. The van der Waals surface area contributed by atoms with Crippen molar-refractivity contribution in [2.24, 2.45) is 5.73 Å². The van der Waals surface area contributed by atoms with E-state index in [1.54, 1.807) is 0 Å².